The van der Waals surface area contributed by atoms with Crippen molar-refractivity contribution in [2.75, 3.05) is 12.8 Å². The Bertz CT molecular complexity index is 476. The van der Waals surface area contributed by atoms with Crippen LogP contribution in [0.15, 0.2) is 30.5 Å². The highest BCUT2D eigenvalue weighted by Gasteiger charge is 2.04. The summed E-state index contributed by atoms with van der Waals surface area (Å²) < 4.78 is 7.09. The molecule has 0 spiro atoms. The quantitative estimate of drug-likeness (QED) is 0.809. The van der Waals surface area contributed by atoms with E-state index in [-0.39, 0.29) is 0 Å². The number of ether oxygens (including phenoxy) is 1. The first-order valence-electron chi connectivity index (χ1n) is 4.66. The Morgan fingerprint density at radius 1 is 1.40 bits per heavy atom. The van der Waals surface area contributed by atoms with E-state index in [9.17, 15) is 0 Å². The van der Waals surface area contributed by atoms with Gasteiger partial charge in [0.05, 0.1) is 19.0 Å². The fraction of sp³-hybridized carbons (Fsp3) is 0.182. The van der Waals surface area contributed by atoms with E-state index < -0.39 is 0 Å². The largest absolute Gasteiger partial charge is 0.497 e. The Balaban J connectivity index is 2.49. The molecule has 0 aliphatic carbocycles. The molecule has 1 aromatic carbocycles. The highest BCUT2D eigenvalue weighted by Crippen LogP contribution is 2.18. The van der Waals surface area contributed by atoms with Crippen molar-refractivity contribution in [3.8, 4) is 11.4 Å². The van der Waals surface area contributed by atoms with Crippen molar-refractivity contribution in [1.82, 2.24) is 9.55 Å². The number of nitrogen functional groups attached to an aromatic ring is 1. The summed E-state index contributed by atoms with van der Waals surface area (Å²) >= 11 is 0. The molecule has 0 unspecified atom stereocenters. The Labute approximate surface area is 88.3 Å². The normalized spacial score (nSPS) is 10.3. The van der Waals surface area contributed by atoms with Crippen LogP contribution in [0, 0.1) is 6.92 Å². The van der Waals surface area contributed by atoms with Crippen molar-refractivity contribution in [2.24, 2.45) is 0 Å². The zero-order valence-corrected chi connectivity index (χ0v) is 8.77. The molecular formula is C11H13N3O. The van der Waals surface area contributed by atoms with Gasteiger partial charge in [0.25, 0.3) is 0 Å². The third kappa shape index (κ3) is 1.79. The van der Waals surface area contributed by atoms with E-state index in [0.29, 0.717) is 5.82 Å². The van der Waals surface area contributed by atoms with E-state index in [1.807, 2.05) is 35.8 Å². The second kappa shape index (κ2) is 3.65. The molecule has 1 heterocycles. The number of methoxy groups -OCH3 is 1. The molecule has 1 aromatic heterocycles. The third-order valence-corrected chi connectivity index (χ3v) is 2.23. The molecule has 78 valence electrons. The predicted molar refractivity (Wildman–Crippen MR) is 59.3 cm³/mol. The van der Waals surface area contributed by atoms with Gasteiger partial charge in [-0.15, -0.1) is 0 Å². The number of aromatic nitrogens is 2. The number of imidazole rings is 1. The highest BCUT2D eigenvalue weighted by molar-refractivity contribution is 5.42. The van der Waals surface area contributed by atoms with Crippen LogP contribution in [0.4, 0.5) is 5.82 Å². The SMILES string of the molecule is COc1cccc(-n2cc(N)nc2C)c1. The van der Waals surface area contributed by atoms with E-state index in [4.69, 9.17) is 10.5 Å². The Morgan fingerprint density at radius 3 is 2.80 bits per heavy atom. The lowest BCUT2D eigenvalue weighted by molar-refractivity contribution is 0.414. The zero-order valence-electron chi connectivity index (χ0n) is 8.77. The van der Waals surface area contributed by atoms with Crippen LogP contribution in [0.5, 0.6) is 5.75 Å². The average molecular weight is 203 g/mol. The molecule has 0 saturated carbocycles. The van der Waals surface area contributed by atoms with Crippen LogP contribution in [0.3, 0.4) is 0 Å². The number of hydrogen-bond donors (Lipinski definition) is 1. The van der Waals surface area contributed by atoms with Crippen LogP contribution in [-0.2, 0) is 0 Å². The van der Waals surface area contributed by atoms with Crippen molar-refractivity contribution < 1.29 is 4.74 Å². The van der Waals surface area contributed by atoms with Crippen molar-refractivity contribution in [3.05, 3.63) is 36.3 Å². The van der Waals surface area contributed by atoms with Crippen molar-refractivity contribution in [3.63, 3.8) is 0 Å². The maximum Gasteiger partial charge on any atom is 0.142 e. The number of aryl methyl sites for hydroxylation is 1. The Kier molecular flexibility index (Phi) is 2.33. The first kappa shape index (κ1) is 9.58. The summed E-state index contributed by atoms with van der Waals surface area (Å²) in [6.45, 7) is 1.91. The summed E-state index contributed by atoms with van der Waals surface area (Å²) in [5, 5.41) is 0. The standard InChI is InChI=1S/C11H13N3O/c1-8-13-11(12)7-14(8)9-4-3-5-10(6-9)15-2/h3-7H,12H2,1-2H3. The van der Waals surface area contributed by atoms with E-state index in [0.717, 1.165) is 17.3 Å². The Morgan fingerprint density at radius 2 is 2.20 bits per heavy atom. The maximum atomic E-state index is 5.62. The molecule has 4 heteroatoms. The second-order valence-corrected chi connectivity index (χ2v) is 3.28. The van der Waals surface area contributed by atoms with Gasteiger partial charge in [-0.25, -0.2) is 4.98 Å². The first-order valence-corrected chi connectivity index (χ1v) is 4.66. The van der Waals surface area contributed by atoms with Gasteiger partial charge in [-0.05, 0) is 19.1 Å². The molecule has 4 nitrogen and oxygen atoms in total. The lowest BCUT2D eigenvalue weighted by atomic mass is 10.3. The van der Waals surface area contributed by atoms with E-state index >= 15 is 0 Å². The Hall–Kier alpha value is -1.97. The molecule has 2 rings (SSSR count). The number of nitrogens with zero attached hydrogens (tertiary/aromatic N) is 2. The topological polar surface area (TPSA) is 53.1 Å². The predicted octanol–water partition coefficient (Wildman–Crippen LogP) is 1.77. The first-order chi connectivity index (χ1) is 7.20. The molecule has 0 atom stereocenters. The van der Waals surface area contributed by atoms with Crippen molar-refractivity contribution in [2.45, 2.75) is 6.92 Å². The van der Waals surface area contributed by atoms with Crippen LogP contribution in [0.2, 0.25) is 0 Å². The van der Waals surface area contributed by atoms with E-state index in [1.54, 1.807) is 13.3 Å². The maximum absolute atomic E-state index is 5.62. The molecule has 0 saturated heterocycles. The van der Waals surface area contributed by atoms with Gasteiger partial charge in [0.15, 0.2) is 0 Å². The van der Waals surface area contributed by atoms with Gasteiger partial charge in [0.1, 0.15) is 17.4 Å². The van der Waals surface area contributed by atoms with Crippen LogP contribution in [-0.4, -0.2) is 16.7 Å². The number of anilines is 1. The minimum atomic E-state index is 0.523. The fourth-order valence-corrected chi connectivity index (χ4v) is 1.52. The minimum absolute atomic E-state index is 0.523. The summed E-state index contributed by atoms with van der Waals surface area (Å²) in [7, 11) is 1.65. The summed E-state index contributed by atoms with van der Waals surface area (Å²) in [6, 6.07) is 7.76. The molecule has 2 N–H and O–H groups in total. The highest BCUT2D eigenvalue weighted by atomic mass is 16.5. The van der Waals surface area contributed by atoms with Gasteiger partial charge in [-0.1, -0.05) is 6.07 Å². The van der Waals surface area contributed by atoms with E-state index in [2.05, 4.69) is 4.98 Å². The third-order valence-electron chi connectivity index (χ3n) is 2.23. The molecular weight excluding hydrogens is 190 g/mol. The van der Waals surface area contributed by atoms with Crippen molar-refractivity contribution in [1.29, 1.82) is 0 Å². The molecule has 0 bridgehead atoms. The number of benzene rings is 1. The molecule has 15 heavy (non-hydrogen) atoms. The second-order valence-electron chi connectivity index (χ2n) is 3.28. The van der Waals surface area contributed by atoms with Crippen LogP contribution < -0.4 is 10.5 Å². The smallest absolute Gasteiger partial charge is 0.142 e. The lowest BCUT2D eigenvalue weighted by Crippen LogP contribution is -1.95. The molecule has 0 radical (unpaired) electrons. The van der Waals surface area contributed by atoms with Crippen LogP contribution >= 0.6 is 0 Å². The summed E-state index contributed by atoms with van der Waals surface area (Å²) in [4.78, 5) is 4.14. The van der Waals surface area contributed by atoms with Crippen LogP contribution in [0.25, 0.3) is 5.69 Å². The molecule has 2 aromatic rings. The summed E-state index contributed by atoms with van der Waals surface area (Å²) in [6.07, 6.45) is 1.80. The van der Waals surface area contributed by atoms with Crippen LogP contribution in [0.1, 0.15) is 5.82 Å². The van der Waals surface area contributed by atoms with Crippen molar-refractivity contribution >= 4 is 5.82 Å². The monoisotopic (exact) mass is 203 g/mol. The van der Waals surface area contributed by atoms with Gasteiger partial charge >= 0.3 is 0 Å². The number of rotatable bonds is 2. The zero-order chi connectivity index (χ0) is 10.8. The van der Waals surface area contributed by atoms with Gasteiger partial charge in [-0.3, -0.25) is 0 Å². The van der Waals surface area contributed by atoms with E-state index in [1.165, 1.54) is 0 Å². The summed E-state index contributed by atoms with van der Waals surface area (Å²) in [5.41, 5.74) is 6.62. The van der Waals surface area contributed by atoms with Gasteiger partial charge in [0.2, 0.25) is 0 Å². The average Bonchev–Trinajstić information content (AvgIpc) is 2.58. The minimum Gasteiger partial charge on any atom is -0.497 e. The molecule has 0 aliphatic rings. The number of nitrogens with two attached hydrogens (primary N) is 1. The molecule has 0 fully saturated rings. The van der Waals surface area contributed by atoms with Gasteiger partial charge < -0.3 is 15.0 Å². The number of hydrogen-bond acceptors (Lipinski definition) is 3. The fourth-order valence-electron chi connectivity index (χ4n) is 1.52. The molecule has 0 amide bonds. The van der Waals surface area contributed by atoms with Gasteiger partial charge in [0, 0.05) is 6.07 Å². The lowest BCUT2D eigenvalue weighted by Gasteiger charge is -2.06. The molecule has 0 aliphatic heterocycles. The van der Waals surface area contributed by atoms with Gasteiger partial charge in [-0.2, -0.15) is 0 Å². The summed E-state index contributed by atoms with van der Waals surface area (Å²) in [5.74, 6) is 2.20.